The van der Waals surface area contributed by atoms with Crippen LogP contribution in [0.4, 0.5) is 0 Å². The van der Waals surface area contributed by atoms with E-state index in [4.69, 9.17) is 21.7 Å². The number of nitrogens with zero attached hydrogens (tertiary/aromatic N) is 1. The van der Waals surface area contributed by atoms with Gasteiger partial charge in [-0.3, -0.25) is 14.5 Å². The van der Waals surface area contributed by atoms with Crippen LogP contribution in [-0.2, 0) is 16.0 Å². The Kier molecular flexibility index (Phi) is 6.76. The van der Waals surface area contributed by atoms with Gasteiger partial charge in [-0.2, -0.15) is 0 Å². The number of amides is 1. The van der Waals surface area contributed by atoms with Gasteiger partial charge in [0.15, 0.2) is 0 Å². The Balaban J connectivity index is 0.000000190. The molecule has 1 N–H and O–H groups in total. The summed E-state index contributed by atoms with van der Waals surface area (Å²) in [7, 11) is 0. The van der Waals surface area contributed by atoms with Gasteiger partial charge in [0.25, 0.3) is 5.91 Å². The van der Waals surface area contributed by atoms with Crippen LogP contribution in [-0.4, -0.2) is 32.7 Å². The quantitative estimate of drug-likeness (QED) is 0.622. The average Bonchev–Trinajstić information content (AvgIpc) is 3.14. The third-order valence-electron chi connectivity index (χ3n) is 3.60. The second kappa shape index (κ2) is 8.82. The second-order valence-corrected chi connectivity index (χ2v) is 7.27. The van der Waals surface area contributed by atoms with Crippen LogP contribution in [0.3, 0.4) is 0 Å². The van der Waals surface area contributed by atoms with Crippen molar-refractivity contribution in [3.8, 4) is 11.3 Å². The molecule has 3 rings (SSSR count). The van der Waals surface area contributed by atoms with E-state index in [1.54, 1.807) is 0 Å². The van der Waals surface area contributed by atoms with E-state index in [2.05, 4.69) is 37.8 Å². The second-order valence-electron chi connectivity index (χ2n) is 5.54. The summed E-state index contributed by atoms with van der Waals surface area (Å²) in [6.07, 6.45) is 1.08. The number of carboxylic acids is 1. The molecule has 1 fully saturated rings. The van der Waals surface area contributed by atoms with Crippen LogP contribution >= 0.6 is 24.0 Å². The normalized spacial score (nSPS) is 13.6. The minimum atomic E-state index is -1.08. The van der Waals surface area contributed by atoms with Crippen LogP contribution in [0.5, 0.6) is 0 Å². The summed E-state index contributed by atoms with van der Waals surface area (Å²) < 4.78 is 5.80. The Morgan fingerprint density at radius 1 is 1.27 bits per heavy atom. The zero-order valence-corrected chi connectivity index (χ0v) is 16.2. The first-order valence-corrected chi connectivity index (χ1v) is 9.14. The molecule has 1 saturated heterocycles. The highest BCUT2D eigenvalue weighted by Crippen LogP contribution is 2.28. The zero-order chi connectivity index (χ0) is 19.3. The number of rotatable bonds is 4. The predicted octanol–water partition coefficient (Wildman–Crippen LogP) is 4.26. The molecular weight excluding hydrogens is 370 g/mol. The van der Waals surface area contributed by atoms with Gasteiger partial charge >= 0.3 is 5.97 Å². The largest absolute Gasteiger partial charge is 0.480 e. The molecule has 2 aromatic rings. The van der Waals surface area contributed by atoms with Crippen LogP contribution in [0.2, 0.25) is 0 Å². The van der Waals surface area contributed by atoms with Crippen LogP contribution in [0, 0.1) is 6.92 Å². The number of carboxylic acid groups (broad SMARTS) is 1. The number of carbonyl (C=O) groups excluding carboxylic acids is 1. The fourth-order valence-electron chi connectivity index (χ4n) is 2.20. The predicted molar refractivity (Wildman–Crippen MR) is 107 cm³/mol. The van der Waals surface area contributed by atoms with Gasteiger partial charge in [0.2, 0.25) is 0 Å². The summed E-state index contributed by atoms with van der Waals surface area (Å²) in [6, 6.07) is 12.5. The molecule has 1 aliphatic rings. The number of aryl methyl sites for hydroxylation is 2. The third-order valence-corrected chi connectivity index (χ3v) is 4.88. The molecule has 0 radical (unpaired) electrons. The van der Waals surface area contributed by atoms with Crippen LogP contribution in [0.25, 0.3) is 11.3 Å². The highest BCUT2D eigenvalue weighted by atomic mass is 32.2. The first-order valence-electron chi connectivity index (χ1n) is 7.92. The molecule has 136 valence electrons. The molecule has 0 aliphatic carbocycles. The number of aliphatic carboxylic acids is 1. The molecule has 0 atom stereocenters. The van der Waals surface area contributed by atoms with Crippen molar-refractivity contribution in [3.05, 3.63) is 59.2 Å². The molecule has 0 spiro atoms. The molecule has 0 bridgehead atoms. The van der Waals surface area contributed by atoms with Gasteiger partial charge in [-0.1, -0.05) is 61.7 Å². The van der Waals surface area contributed by atoms with Crippen molar-refractivity contribution in [2.75, 3.05) is 6.54 Å². The molecule has 1 aliphatic heterocycles. The van der Waals surface area contributed by atoms with Gasteiger partial charge in [-0.25, -0.2) is 0 Å². The van der Waals surface area contributed by atoms with Gasteiger partial charge in [-0.05, 0) is 31.0 Å². The molecule has 0 unspecified atom stereocenters. The number of benzene rings is 1. The van der Waals surface area contributed by atoms with Gasteiger partial charge in [-0.15, -0.1) is 0 Å². The van der Waals surface area contributed by atoms with Crippen molar-refractivity contribution in [1.82, 2.24) is 4.90 Å². The topological polar surface area (TPSA) is 70.8 Å². The van der Waals surface area contributed by atoms with Crippen molar-refractivity contribution >= 4 is 40.2 Å². The van der Waals surface area contributed by atoms with Gasteiger partial charge in [0.05, 0.1) is 4.91 Å². The lowest BCUT2D eigenvalue weighted by atomic mass is 10.1. The van der Waals surface area contributed by atoms with Gasteiger partial charge < -0.3 is 9.52 Å². The van der Waals surface area contributed by atoms with Crippen molar-refractivity contribution in [3.63, 3.8) is 0 Å². The molecule has 2 heterocycles. The number of thiocarbonyl (C=S) groups is 1. The first kappa shape index (κ1) is 19.9. The van der Waals surface area contributed by atoms with E-state index in [1.165, 1.54) is 5.56 Å². The van der Waals surface area contributed by atoms with E-state index < -0.39 is 11.9 Å². The maximum Gasteiger partial charge on any atom is 0.323 e. The molecule has 5 nitrogen and oxygen atoms in total. The summed E-state index contributed by atoms with van der Waals surface area (Å²) in [6.45, 7) is 7.17. The monoisotopic (exact) mass is 389 g/mol. The lowest BCUT2D eigenvalue weighted by Gasteiger charge is -2.09. The van der Waals surface area contributed by atoms with E-state index in [0.717, 1.165) is 40.2 Å². The number of hydrogen-bond donors (Lipinski definition) is 1. The Hall–Kier alpha value is -2.38. The molecule has 1 aromatic heterocycles. The highest BCUT2D eigenvalue weighted by molar-refractivity contribution is 8.26. The number of hydrogen-bond acceptors (Lipinski definition) is 5. The molecule has 26 heavy (non-hydrogen) atoms. The standard InChI is InChI=1S/C13H14O.C6H5NO3S2/c1-3-11-5-7-12(8-6-11)13-9-4-10(2)14-13;1-3-5(10)7(2-4(8)9)6(11)12-3/h4-9H,3H2,1-2H3;1-2H2,(H,8,9). The fourth-order valence-corrected chi connectivity index (χ4v) is 3.32. The van der Waals surface area contributed by atoms with Crippen LogP contribution in [0.1, 0.15) is 18.2 Å². The van der Waals surface area contributed by atoms with E-state index in [9.17, 15) is 9.59 Å². The Bertz CT molecular complexity index is 839. The Labute approximate surface area is 161 Å². The summed E-state index contributed by atoms with van der Waals surface area (Å²) >= 11 is 5.79. The van der Waals surface area contributed by atoms with E-state index >= 15 is 0 Å². The van der Waals surface area contributed by atoms with E-state index in [-0.39, 0.29) is 15.8 Å². The fraction of sp³-hybridized carbons (Fsp3) is 0.211. The smallest absolute Gasteiger partial charge is 0.323 e. The first-order chi connectivity index (χ1) is 12.3. The van der Waals surface area contributed by atoms with Crippen molar-refractivity contribution in [2.45, 2.75) is 20.3 Å². The van der Waals surface area contributed by atoms with Crippen molar-refractivity contribution in [1.29, 1.82) is 0 Å². The Morgan fingerprint density at radius 3 is 2.35 bits per heavy atom. The van der Waals surface area contributed by atoms with Crippen LogP contribution in [0.15, 0.2) is 52.3 Å². The molecule has 1 amide bonds. The lowest BCUT2D eigenvalue weighted by Crippen LogP contribution is -2.33. The Morgan fingerprint density at radius 2 is 1.92 bits per heavy atom. The number of carbonyl (C=O) groups is 2. The molecule has 0 saturated carbocycles. The average molecular weight is 389 g/mol. The summed E-state index contributed by atoms with van der Waals surface area (Å²) in [5, 5.41) is 8.40. The minimum absolute atomic E-state index is 0.257. The lowest BCUT2D eigenvalue weighted by molar-refractivity contribution is -0.140. The maximum absolute atomic E-state index is 11.1. The zero-order valence-electron chi connectivity index (χ0n) is 14.5. The summed E-state index contributed by atoms with van der Waals surface area (Å²) in [5.41, 5.74) is 2.51. The minimum Gasteiger partial charge on any atom is -0.480 e. The van der Waals surface area contributed by atoms with Gasteiger partial charge in [0, 0.05) is 5.56 Å². The maximum atomic E-state index is 11.1. The molecular formula is C19H19NO4S2. The van der Waals surface area contributed by atoms with E-state index in [0.29, 0.717) is 0 Å². The number of furan rings is 1. The van der Waals surface area contributed by atoms with Crippen molar-refractivity contribution in [2.24, 2.45) is 0 Å². The third kappa shape index (κ3) is 5.06. The van der Waals surface area contributed by atoms with E-state index in [1.807, 2.05) is 19.1 Å². The SMILES string of the molecule is C=C1SC(=S)N(CC(=O)O)C1=O.CCc1ccc(-c2ccc(C)o2)cc1. The highest BCUT2D eigenvalue weighted by Gasteiger charge is 2.31. The molecule has 1 aromatic carbocycles. The van der Waals surface area contributed by atoms with Gasteiger partial charge in [0.1, 0.15) is 22.4 Å². The summed E-state index contributed by atoms with van der Waals surface area (Å²) in [5.74, 6) is 0.415. The van der Waals surface area contributed by atoms with Crippen molar-refractivity contribution < 1.29 is 19.1 Å². The molecule has 7 heteroatoms. The number of thioether (sulfide) groups is 1. The van der Waals surface area contributed by atoms with Crippen LogP contribution < -0.4 is 0 Å². The summed E-state index contributed by atoms with van der Waals surface area (Å²) in [4.78, 5) is 22.7.